The van der Waals surface area contributed by atoms with Gasteiger partial charge in [-0.1, -0.05) is 124 Å². The summed E-state index contributed by atoms with van der Waals surface area (Å²) in [6.07, 6.45) is 2.22. The number of rotatable bonds is 3. The lowest BCUT2D eigenvalue weighted by atomic mass is 9.37. The Balaban J connectivity index is 1.23. The van der Waals surface area contributed by atoms with E-state index >= 15 is 0 Å². The summed E-state index contributed by atoms with van der Waals surface area (Å²) in [5.41, 5.74) is 10.4. The number of fused-ring (bicyclic) bond motifs is 8. The molecule has 0 bridgehead atoms. The quantitative estimate of drug-likeness (QED) is 0.168. The smallest absolute Gasteiger partial charge is 0.310 e. The number of hydrogen-bond acceptors (Lipinski definition) is 6. The molecule has 7 heteroatoms. The van der Waals surface area contributed by atoms with Gasteiger partial charge < -0.3 is 13.9 Å². The van der Waals surface area contributed by atoms with Crippen LogP contribution in [0, 0.1) is 0 Å². The molecule has 1 aliphatic carbocycles. The van der Waals surface area contributed by atoms with E-state index in [0.29, 0.717) is 23.5 Å². The van der Waals surface area contributed by atoms with E-state index in [9.17, 15) is 0 Å². The Morgan fingerprint density at radius 1 is 0.632 bits per heavy atom. The lowest BCUT2D eigenvalue weighted by molar-refractivity contribution is 0.330. The first-order chi connectivity index (χ1) is 27.0. The molecular formula is C50H50BN3O3. The third-order valence-electron chi connectivity index (χ3n) is 12.8. The Labute approximate surface area is 336 Å². The van der Waals surface area contributed by atoms with Crippen LogP contribution in [0.5, 0.6) is 23.3 Å². The summed E-state index contributed by atoms with van der Waals surface area (Å²) in [5.74, 6) is 2.95. The molecular weight excluding hydrogens is 701 g/mol. The highest BCUT2D eigenvalue weighted by Crippen LogP contribution is 2.49. The Morgan fingerprint density at radius 3 is 1.93 bits per heavy atom. The minimum Gasteiger partial charge on any atom is -0.466 e. The summed E-state index contributed by atoms with van der Waals surface area (Å²) in [5, 5.41) is 3.24. The maximum absolute atomic E-state index is 7.00. The molecule has 0 saturated heterocycles. The van der Waals surface area contributed by atoms with Crippen LogP contribution in [-0.2, 0) is 21.7 Å². The summed E-state index contributed by atoms with van der Waals surface area (Å²) < 4.78 is 20.8. The van der Waals surface area contributed by atoms with Crippen molar-refractivity contribution >= 4 is 62.4 Å². The van der Waals surface area contributed by atoms with Gasteiger partial charge in [-0.05, 0) is 115 Å². The first-order valence-electron chi connectivity index (χ1n) is 20.4. The summed E-state index contributed by atoms with van der Waals surface area (Å²) in [7, 11) is 0. The van der Waals surface area contributed by atoms with Crippen LogP contribution >= 0.6 is 0 Å². The average Bonchev–Trinajstić information content (AvgIpc) is 3.53. The van der Waals surface area contributed by atoms with Crippen LogP contribution in [0.2, 0.25) is 0 Å². The van der Waals surface area contributed by atoms with Gasteiger partial charge in [0.15, 0.2) is 5.75 Å². The van der Waals surface area contributed by atoms with Crippen LogP contribution in [0.15, 0.2) is 101 Å². The van der Waals surface area contributed by atoms with Crippen LogP contribution in [0.4, 0.5) is 17.3 Å². The zero-order chi connectivity index (χ0) is 39.8. The number of anilines is 3. The molecule has 0 atom stereocenters. The Kier molecular flexibility index (Phi) is 7.53. The number of ether oxygens (including phenoxy) is 2. The fraction of sp³-hybridized carbons (Fsp3) is 0.320. The van der Waals surface area contributed by atoms with Gasteiger partial charge in [0.1, 0.15) is 17.0 Å². The lowest BCUT2D eigenvalue weighted by Gasteiger charge is -2.43. The standard InChI is InChI=1S/C50H50BN3O3/c1-47(2,3)31-16-20-33(21-17-31)54(34-19-15-29-13-11-12-14-30(29)25-34)46-52-44-41-45(53-46)57-42-35-26-32(48(4,5)6)18-22-39(35)55-43(42)51(41)38-27-36-37(28-40(38)56-44)50(9,10)24-23-49(36,7)8/h11-22,25-28H,23-24H2,1-10H3. The minimum atomic E-state index is -0.312. The van der Waals surface area contributed by atoms with E-state index in [1.807, 2.05) is 0 Å². The van der Waals surface area contributed by atoms with Gasteiger partial charge in [0.05, 0.1) is 10.8 Å². The Hall–Kier alpha value is -5.56. The maximum atomic E-state index is 7.00. The highest BCUT2D eigenvalue weighted by atomic mass is 16.5. The van der Waals surface area contributed by atoms with E-state index in [1.165, 1.54) is 27.6 Å². The maximum Gasteiger partial charge on any atom is 0.310 e. The van der Waals surface area contributed by atoms with Crippen molar-refractivity contribution in [2.75, 3.05) is 4.90 Å². The molecule has 0 amide bonds. The van der Waals surface area contributed by atoms with Crippen molar-refractivity contribution in [3.8, 4) is 23.3 Å². The van der Waals surface area contributed by atoms with Crippen molar-refractivity contribution in [2.45, 2.75) is 104 Å². The van der Waals surface area contributed by atoms with E-state index in [1.54, 1.807) is 0 Å². The van der Waals surface area contributed by atoms with Gasteiger partial charge in [0.25, 0.3) is 0 Å². The van der Waals surface area contributed by atoms with Crippen LogP contribution in [0.1, 0.15) is 104 Å². The van der Waals surface area contributed by atoms with Gasteiger partial charge in [0.2, 0.25) is 17.7 Å². The molecule has 2 aliphatic heterocycles. The van der Waals surface area contributed by atoms with E-state index in [2.05, 4.69) is 171 Å². The molecule has 2 aromatic heterocycles. The lowest BCUT2D eigenvalue weighted by Crippen LogP contribution is -2.58. The molecule has 10 rings (SSSR count). The third kappa shape index (κ3) is 5.67. The van der Waals surface area contributed by atoms with Crippen LogP contribution in [0.3, 0.4) is 0 Å². The Morgan fingerprint density at radius 2 is 1.25 bits per heavy atom. The molecule has 0 radical (unpaired) electrons. The first-order valence-corrected chi connectivity index (χ1v) is 20.4. The number of hydrogen-bond donors (Lipinski definition) is 0. The minimum absolute atomic E-state index is 0.00116. The van der Waals surface area contributed by atoms with E-state index < -0.39 is 0 Å². The number of nitrogens with zero attached hydrogens (tertiary/aromatic N) is 3. The predicted molar refractivity (Wildman–Crippen MR) is 234 cm³/mol. The second-order valence-corrected chi connectivity index (χ2v) is 19.8. The number of benzene rings is 5. The second-order valence-electron chi connectivity index (χ2n) is 19.8. The zero-order valence-corrected chi connectivity index (χ0v) is 34.8. The molecule has 5 aromatic carbocycles. The molecule has 0 fully saturated rings. The molecule has 0 saturated carbocycles. The second kappa shape index (κ2) is 12.0. The number of furan rings is 1. The topological polar surface area (TPSA) is 60.6 Å². The SMILES string of the molecule is CC(C)(C)c1ccc(N(c2ccc3ccccc3c2)c2nc3c4c(n2)Oc2c(oc5ccc(C(C)(C)C)cc25)B4c2cc4c(cc2O3)C(C)(C)CCC4(C)C)cc1. The largest absolute Gasteiger partial charge is 0.466 e. The summed E-state index contributed by atoms with van der Waals surface area (Å²) >= 11 is 0. The van der Waals surface area contributed by atoms with Crippen molar-refractivity contribution in [3.05, 3.63) is 119 Å². The molecule has 0 unspecified atom stereocenters. The van der Waals surface area contributed by atoms with Crippen molar-refractivity contribution in [1.82, 2.24) is 9.97 Å². The monoisotopic (exact) mass is 751 g/mol. The van der Waals surface area contributed by atoms with E-state index in [4.69, 9.17) is 23.9 Å². The van der Waals surface area contributed by atoms with Gasteiger partial charge in [-0.25, -0.2) is 0 Å². The van der Waals surface area contributed by atoms with Crippen molar-refractivity contribution < 1.29 is 13.9 Å². The van der Waals surface area contributed by atoms with Crippen molar-refractivity contribution in [1.29, 1.82) is 0 Å². The zero-order valence-electron chi connectivity index (χ0n) is 34.8. The molecule has 286 valence electrons. The molecule has 0 N–H and O–H groups in total. The van der Waals surface area contributed by atoms with Crippen molar-refractivity contribution in [2.24, 2.45) is 0 Å². The van der Waals surface area contributed by atoms with Gasteiger partial charge >= 0.3 is 6.71 Å². The number of aromatic nitrogens is 2. The molecule has 6 nitrogen and oxygen atoms in total. The van der Waals surface area contributed by atoms with Gasteiger partial charge in [0, 0.05) is 11.4 Å². The van der Waals surface area contributed by atoms with Crippen molar-refractivity contribution in [3.63, 3.8) is 0 Å². The highest BCUT2D eigenvalue weighted by molar-refractivity contribution is 6.97. The first kappa shape index (κ1) is 35.8. The van der Waals surface area contributed by atoms with Crippen LogP contribution in [0.25, 0.3) is 21.7 Å². The highest BCUT2D eigenvalue weighted by Gasteiger charge is 2.48. The van der Waals surface area contributed by atoms with Gasteiger partial charge in [-0.15, -0.1) is 0 Å². The Bertz CT molecular complexity index is 2780. The predicted octanol–water partition coefficient (Wildman–Crippen LogP) is 11.5. The van der Waals surface area contributed by atoms with Crippen LogP contribution < -0.4 is 31.0 Å². The molecule has 3 aliphatic rings. The van der Waals surface area contributed by atoms with Gasteiger partial charge in [-0.2, -0.15) is 9.97 Å². The normalized spacial score (nSPS) is 16.3. The molecule has 4 heterocycles. The van der Waals surface area contributed by atoms with Gasteiger partial charge in [-0.3, -0.25) is 4.90 Å². The molecule has 7 aromatic rings. The van der Waals surface area contributed by atoms with E-state index in [-0.39, 0.29) is 28.4 Å². The van der Waals surface area contributed by atoms with E-state index in [0.717, 1.165) is 62.9 Å². The average molecular weight is 752 g/mol. The fourth-order valence-corrected chi connectivity index (χ4v) is 9.14. The molecule has 57 heavy (non-hydrogen) atoms. The fourth-order valence-electron chi connectivity index (χ4n) is 9.14. The summed E-state index contributed by atoms with van der Waals surface area (Å²) in [4.78, 5) is 12.8. The summed E-state index contributed by atoms with van der Waals surface area (Å²) in [6, 6.07) is 34.8. The van der Waals surface area contributed by atoms with Crippen LogP contribution in [-0.4, -0.2) is 16.7 Å². The molecule has 0 spiro atoms. The summed E-state index contributed by atoms with van der Waals surface area (Å²) in [6.45, 7) is 22.5. The third-order valence-corrected chi connectivity index (χ3v) is 12.8.